The highest BCUT2D eigenvalue weighted by Crippen LogP contribution is 2.20. The number of piperazine rings is 1. The number of hydrogen-bond acceptors (Lipinski definition) is 6. The Morgan fingerprint density at radius 3 is 2.48 bits per heavy atom. The number of ether oxygens (including phenoxy) is 1. The normalized spacial score (nSPS) is 20.7. The van der Waals surface area contributed by atoms with Gasteiger partial charge in [-0.2, -0.15) is 4.98 Å². The van der Waals surface area contributed by atoms with Crippen molar-refractivity contribution in [1.29, 1.82) is 0 Å². The van der Waals surface area contributed by atoms with E-state index in [-0.39, 0.29) is 0 Å². The molecule has 3 heterocycles. The predicted octanol–water partition coefficient (Wildman–Crippen LogP) is 1.40. The summed E-state index contributed by atoms with van der Waals surface area (Å²) in [5.74, 6) is 2.67. The quantitative estimate of drug-likeness (QED) is 0.836. The number of anilines is 2. The zero-order chi connectivity index (χ0) is 16.2. The van der Waals surface area contributed by atoms with Gasteiger partial charge in [-0.15, -0.1) is 0 Å². The summed E-state index contributed by atoms with van der Waals surface area (Å²) in [6.07, 6.45) is 2.43. The molecule has 2 aliphatic heterocycles. The van der Waals surface area contributed by atoms with E-state index in [0.717, 1.165) is 62.8 Å². The first-order valence-corrected chi connectivity index (χ1v) is 8.70. The van der Waals surface area contributed by atoms with Crippen molar-refractivity contribution in [2.24, 2.45) is 5.92 Å². The van der Waals surface area contributed by atoms with Crippen LogP contribution >= 0.6 is 0 Å². The minimum absolute atomic E-state index is 0.811. The van der Waals surface area contributed by atoms with E-state index in [1.165, 1.54) is 19.4 Å². The average Bonchev–Trinajstić information content (AvgIpc) is 2.56. The molecular weight excluding hydrogens is 290 g/mol. The lowest BCUT2D eigenvalue weighted by Crippen LogP contribution is -2.48. The van der Waals surface area contributed by atoms with Gasteiger partial charge in [-0.1, -0.05) is 0 Å². The second-order valence-electron chi connectivity index (χ2n) is 6.91. The smallest absolute Gasteiger partial charge is 0.227 e. The molecule has 1 aromatic rings. The zero-order valence-corrected chi connectivity index (χ0v) is 14.7. The zero-order valence-electron chi connectivity index (χ0n) is 14.7. The minimum atomic E-state index is 0.811. The van der Waals surface area contributed by atoms with Crippen LogP contribution in [0.25, 0.3) is 0 Å². The Morgan fingerprint density at radius 2 is 1.83 bits per heavy atom. The van der Waals surface area contributed by atoms with E-state index in [1.54, 1.807) is 0 Å². The van der Waals surface area contributed by atoms with Crippen LogP contribution in [-0.2, 0) is 4.74 Å². The lowest BCUT2D eigenvalue weighted by Gasteiger charge is -2.37. The van der Waals surface area contributed by atoms with Crippen molar-refractivity contribution in [3.05, 3.63) is 11.8 Å². The first kappa shape index (κ1) is 16.5. The van der Waals surface area contributed by atoms with E-state index >= 15 is 0 Å². The molecule has 1 aromatic heterocycles. The molecule has 0 spiro atoms. The van der Waals surface area contributed by atoms with Gasteiger partial charge in [0.1, 0.15) is 5.82 Å². The van der Waals surface area contributed by atoms with Crippen LogP contribution in [0.2, 0.25) is 0 Å². The Balaban J connectivity index is 1.56. The van der Waals surface area contributed by atoms with E-state index in [4.69, 9.17) is 9.72 Å². The second kappa shape index (κ2) is 7.45. The van der Waals surface area contributed by atoms with Crippen LogP contribution in [0.1, 0.15) is 18.5 Å². The van der Waals surface area contributed by atoms with Crippen molar-refractivity contribution in [2.75, 3.05) is 69.8 Å². The van der Waals surface area contributed by atoms with Crippen molar-refractivity contribution >= 4 is 11.8 Å². The summed E-state index contributed by atoms with van der Waals surface area (Å²) in [7, 11) is 4.05. The molecule has 0 saturated carbocycles. The molecule has 0 bridgehead atoms. The molecule has 0 aliphatic carbocycles. The average molecular weight is 319 g/mol. The lowest BCUT2D eigenvalue weighted by atomic mass is 9.99. The van der Waals surface area contributed by atoms with Crippen molar-refractivity contribution in [1.82, 2.24) is 14.9 Å². The molecule has 0 unspecified atom stereocenters. The second-order valence-corrected chi connectivity index (χ2v) is 6.91. The van der Waals surface area contributed by atoms with E-state index < -0.39 is 0 Å². The fraction of sp³-hybridized carbons (Fsp3) is 0.765. The van der Waals surface area contributed by atoms with E-state index in [0.29, 0.717) is 0 Å². The maximum Gasteiger partial charge on any atom is 0.227 e. The maximum absolute atomic E-state index is 5.46. The van der Waals surface area contributed by atoms with Crippen LogP contribution in [0.3, 0.4) is 0 Å². The van der Waals surface area contributed by atoms with Crippen molar-refractivity contribution < 1.29 is 4.74 Å². The van der Waals surface area contributed by atoms with Gasteiger partial charge in [-0.25, -0.2) is 4.98 Å². The molecule has 6 nitrogen and oxygen atoms in total. The summed E-state index contributed by atoms with van der Waals surface area (Å²) in [6.45, 7) is 9.37. The standard InChI is InChI=1S/C17H29N5O/c1-14-12-16(20(2)3)19-17(18-14)22-8-6-21(7-9-22)13-15-4-10-23-11-5-15/h12,15H,4-11,13H2,1-3H3. The maximum atomic E-state index is 5.46. The Hall–Kier alpha value is -1.40. The van der Waals surface area contributed by atoms with E-state index in [9.17, 15) is 0 Å². The number of hydrogen-bond donors (Lipinski definition) is 0. The summed E-state index contributed by atoms with van der Waals surface area (Å²) in [5, 5.41) is 0. The largest absolute Gasteiger partial charge is 0.381 e. The number of nitrogens with zero attached hydrogens (tertiary/aromatic N) is 5. The molecule has 3 rings (SSSR count). The molecule has 2 saturated heterocycles. The third-order valence-corrected chi connectivity index (χ3v) is 4.80. The summed E-state index contributed by atoms with van der Waals surface area (Å²) < 4.78 is 5.46. The Labute approximate surface area is 139 Å². The summed E-state index contributed by atoms with van der Waals surface area (Å²) >= 11 is 0. The molecule has 0 amide bonds. The topological polar surface area (TPSA) is 44.7 Å². The molecule has 0 radical (unpaired) electrons. The fourth-order valence-corrected chi connectivity index (χ4v) is 3.33. The molecule has 128 valence electrons. The van der Waals surface area contributed by atoms with Crippen molar-refractivity contribution in [3.63, 3.8) is 0 Å². The third-order valence-electron chi connectivity index (χ3n) is 4.80. The van der Waals surface area contributed by atoms with Gasteiger partial charge in [0.25, 0.3) is 0 Å². The molecule has 6 heteroatoms. The van der Waals surface area contributed by atoms with E-state index in [2.05, 4.69) is 14.8 Å². The van der Waals surface area contributed by atoms with Gasteiger partial charge in [-0.3, -0.25) is 4.90 Å². The Morgan fingerprint density at radius 1 is 1.13 bits per heavy atom. The molecule has 2 aliphatic rings. The van der Waals surface area contributed by atoms with Crippen molar-refractivity contribution in [2.45, 2.75) is 19.8 Å². The van der Waals surface area contributed by atoms with Crippen LogP contribution in [0.4, 0.5) is 11.8 Å². The third kappa shape index (κ3) is 4.32. The molecule has 0 N–H and O–H groups in total. The molecule has 23 heavy (non-hydrogen) atoms. The van der Waals surface area contributed by atoms with Gasteiger partial charge in [0.15, 0.2) is 0 Å². The van der Waals surface area contributed by atoms with Gasteiger partial charge < -0.3 is 14.5 Å². The Bertz CT molecular complexity index is 508. The lowest BCUT2D eigenvalue weighted by molar-refractivity contribution is 0.0517. The first-order chi connectivity index (χ1) is 11.1. The van der Waals surface area contributed by atoms with Gasteiger partial charge in [0.2, 0.25) is 5.95 Å². The summed E-state index contributed by atoms with van der Waals surface area (Å²) in [4.78, 5) is 16.3. The molecule has 2 fully saturated rings. The van der Waals surface area contributed by atoms with Crippen LogP contribution in [-0.4, -0.2) is 74.9 Å². The van der Waals surface area contributed by atoms with Gasteiger partial charge in [-0.05, 0) is 25.7 Å². The summed E-state index contributed by atoms with van der Waals surface area (Å²) in [6, 6.07) is 2.03. The van der Waals surface area contributed by atoms with Crippen LogP contribution in [0.5, 0.6) is 0 Å². The van der Waals surface area contributed by atoms with Crippen LogP contribution in [0, 0.1) is 12.8 Å². The van der Waals surface area contributed by atoms with Crippen molar-refractivity contribution in [3.8, 4) is 0 Å². The van der Waals surface area contributed by atoms with Gasteiger partial charge >= 0.3 is 0 Å². The predicted molar refractivity (Wildman–Crippen MR) is 93.3 cm³/mol. The Kier molecular flexibility index (Phi) is 5.33. The number of rotatable bonds is 4. The number of aryl methyl sites for hydroxylation is 1. The van der Waals surface area contributed by atoms with Crippen LogP contribution in [0.15, 0.2) is 6.07 Å². The van der Waals surface area contributed by atoms with Crippen LogP contribution < -0.4 is 9.80 Å². The highest BCUT2D eigenvalue weighted by molar-refractivity contribution is 5.45. The fourth-order valence-electron chi connectivity index (χ4n) is 3.33. The highest BCUT2D eigenvalue weighted by atomic mass is 16.5. The molecule has 0 atom stereocenters. The number of aromatic nitrogens is 2. The van der Waals surface area contributed by atoms with E-state index in [1.807, 2.05) is 32.0 Å². The SMILES string of the molecule is Cc1cc(N(C)C)nc(N2CCN(CC3CCOCC3)CC2)n1. The summed E-state index contributed by atoms with van der Waals surface area (Å²) in [5.41, 5.74) is 1.03. The molecular formula is C17H29N5O. The minimum Gasteiger partial charge on any atom is -0.381 e. The molecule has 0 aromatic carbocycles. The van der Waals surface area contributed by atoms with Gasteiger partial charge in [0.05, 0.1) is 0 Å². The first-order valence-electron chi connectivity index (χ1n) is 8.70. The monoisotopic (exact) mass is 319 g/mol. The van der Waals surface area contributed by atoms with Gasteiger partial charge in [0, 0.05) is 71.8 Å². The highest BCUT2D eigenvalue weighted by Gasteiger charge is 2.23.